The molecule has 2 aliphatic heterocycles. The fourth-order valence-corrected chi connectivity index (χ4v) is 4.64. The van der Waals surface area contributed by atoms with Gasteiger partial charge in [0.15, 0.2) is 11.5 Å². The van der Waals surface area contributed by atoms with Crippen LogP contribution in [0.1, 0.15) is 42.3 Å². The summed E-state index contributed by atoms with van der Waals surface area (Å²) >= 11 is 6.35. The molecule has 170 valence electrons. The van der Waals surface area contributed by atoms with Crippen LogP contribution in [0.15, 0.2) is 65.8 Å². The number of benzene rings is 3. The number of halogens is 1. The minimum atomic E-state index is -0.478. The SMILES string of the molecule is CCOc1ccc(C2=NN3C(C2)c2cc(Cl)ccc2OC3c2cccc(OC)c2OC)cc1. The first kappa shape index (κ1) is 21.5. The maximum atomic E-state index is 6.47. The summed E-state index contributed by atoms with van der Waals surface area (Å²) in [7, 11) is 3.26. The van der Waals surface area contributed by atoms with Crippen molar-refractivity contribution in [2.24, 2.45) is 5.10 Å². The Morgan fingerprint density at radius 1 is 1.03 bits per heavy atom. The van der Waals surface area contributed by atoms with E-state index in [1.54, 1.807) is 14.2 Å². The van der Waals surface area contributed by atoms with E-state index in [1.807, 2.05) is 72.6 Å². The molecule has 0 bridgehead atoms. The van der Waals surface area contributed by atoms with E-state index in [2.05, 4.69) is 0 Å². The predicted octanol–water partition coefficient (Wildman–Crippen LogP) is 6.00. The molecule has 0 spiro atoms. The van der Waals surface area contributed by atoms with Crippen molar-refractivity contribution < 1.29 is 18.9 Å². The van der Waals surface area contributed by atoms with Gasteiger partial charge in [0.05, 0.1) is 38.1 Å². The molecule has 0 N–H and O–H groups in total. The number of rotatable bonds is 6. The minimum absolute atomic E-state index is 0.0186. The van der Waals surface area contributed by atoms with E-state index in [-0.39, 0.29) is 6.04 Å². The molecule has 2 heterocycles. The summed E-state index contributed by atoms with van der Waals surface area (Å²) < 4.78 is 23.3. The van der Waals surface area contributed by atoms with Gasteiger partial charge in [-0.2, -0.15) is 5.10 Å². The van der Waals surface area contributed by atoms with Crippen LogP contribution in [0, 0.1) is 0 Å². The van der Waals surface area contributed by atoms with Crippen molar-refractivity contribution in [2.45, 2.75) is 25.6 Å². The average Bonchev–Trinajstić information content (AvgIpc) is 3.29. The Labute approximate surface area is 198 Å². The quantitative estimate of drug-likeness (QED) is 0.448. The van der Waals surface area contributed by atoms with Gasteiger partial charge in [0, 0.05) is 17.0 Å². The highest BCUT2D eigenvalue weighted by molar-refractivity contribution is 6.30. The second-order valence-electron chi connectivity index (χ2n) is 7.84. The van der Waals surface area contributed by atoms with Crippen LogP contribution in [0.25, 0.3) is 0 Å². The zero-order valence-corrected chi connectivity index (χ0v) is 19.5. The van der Waals surface area contributed by atoms with E-state index in [0.717, 1.165) is 40.3 Å². The van der Waals surface area contributed by atoms with E-state index >= 15 is 0 Å². The molecule has 2 aliphatic rings. The van der Waals surface area contributed by atoms with E-state index in [1.165, 1.54) is 0 Å². The fourth-order valence-electron chi connectivity index (χ4n) is 4.45. The molecule has 5 rings (SSSR count). The number of ether oxygens (including phenoxy) is 4. The molecule has 2 atom stereocenters. The van der Waals surface area contributed by atoms with Gasteiger partial charge >= 0.3 is 0 Å². The largest absolute Gasteiger partial charge is 0.494 e. The molecule has 0 aliphatic carbocycles. The monoisotopic (exact) mass is 464 g/mol. The van der Waals surface area contributed by atoms with Gasteiger partial charge in [-0.15, -0.1) is 0 Å². The van der Waals surface area contributed by atoms with Crippen LogP contribution in [0.4, 0.5) is 0 Å². The highest BCUT2D eigenvalue weighted by atomic mass is 35.5. The highest BCUT2D eigenvalue weighted by Gasteiger charge is 2.42. The summed E-state index contributed by atoms with van der Waals surface area (Å²) in [6.07, 6.45) is 0.252. The second-order valence-corrected chi connectivity index (χ2v) is 8.28. The van der Waals surface area contributed by atoms with Crippen LogP contribution < -0.4 is 18.9 Å². The maximum Gasteiger partial charge on any atom is 0.217 e. The van der Waals surface area contributed by atoms with Crippen LogP contribution >= 0.6 is 11.6 Å². The van der Waals surface area contributed by atoms with Crippen molar-refractivity contribution in [1.29, 1.82) is 0 Å². The second kappa shape index (κ2) is 8.87. The van der Waals surface area contributed by atoms with Crippen molar-refractivity contribution in [3.05, 3.63) is 82.4 Å². The Bertz CT molecular complexity index is 1200. The van der Waals surface area contributed by atoms with Gasteiger partial charge in [0.25, 0.3) is 0 Å². The Balaban J connectivity index is 1.59. The lowest BCUT2D eigenvalue weighted by Crippen LogP contribution is -2.34. The van der Waals surface area contributed by atoms with Crippen molar-refractivity contribution in [3.63, 3.8) is 0 Å². The van der Waals surface area contributed by atoms with Crippen molar-refractivity contribution in [3.8, 4) is 23.0 Å². The Morgan fingerprint density at radius 3 is 2.58 bits per heavy atom. The van der Waals surface area contributed by atoms with Gasteiger partial charge in [0.1, 0.15) is 11.5 Å². The van der Waals surface area contributed by atoms with Crippen LogP contribution in [-0.4, -0.2) is 31.5 Å². The van der Waals surface area contributed by atoms with Gasteiger partial charge in [-0.3, -0.25) is 0 Å². The minimum Gasteiger partial charge on any atom is -0.494 e. The van der Waals surface area contributed by atoms with Crippen LogP contribution in [0.5, 0.6) is 23.0 Å². The first-order valence-corrected chi connectivity index (χ1v) is 11.3. The number of hydrazone groups is 1. The first-order valence-electron chi connectivity index (χ1n) is 10.9. The molecule has 3 aromatic carbocycles. The molecule has 6 nitrogen and oxygen atoms in total. The Kier molecular flexibility index (Phi) is 5.77. The smallest absolute Gasteiger partial charge is 0.217 e. The van der Waals surface area contributed by atoms with Gasteiger partial charge < -0.3 is 18.9 Å². The van der Waals surface area contributed by atoms with Crippen molar-refractivity contribution >= 4 is 17.3 Å². The van der Waals surface area contributed by atoms with Crippen LogP contribution in [-0.2, 0) is 0 Å². The normalized spacial score (nSPS) is 18.7. The van der Waals surface area contributed by atoms with Gasteiger partial charge in [-0.25, -0.2) is 5.01 Å². The number of hydrogen-bond acceptors (Lipinski definition) is 6. The molecular formula is C26H25ClN2O4. The Hall–Kier alpha value is -3.38. The Morgan fingerprint density at radius 2 is 1.85 bits per heavy atom. The van der Waals surface area contributed by atoms with Gasteiger partial charge in [-0.05, 0) is 67.1 Å². The third-order valence-corrected chi connectivity index (χ3v) is 6.19. The standard InChI is InChI=1S/C26H25ClN2O4/c1-4-32-18-11-8-16(9-12-18)21-15-22-20-14-17(27)10-13-23(20)33-26(29(22)28-21)19-6-5-7-24(30-2)25(19)31-3/h5-14,22,26H,4,15H2,1-3H3. The zero-order valence-electron chi connectivity index (χ0n) is 18.7. The molecule has 0 amide bonds. The molecule has 2 unspecified atom stereocenters. The lowest BCUT2D eigenvalue weighted by molar-refractivity contribution is -0.0205. The highest BCUT2D eigenvalue weighted by Crippen LogP contribution is 2.50. The molecule has 3 aromatic rings. The summed E-state index contributed by atoms with van der Waals surface area (Å²) in [5.74, 6) is 2.91. The molecule has 0 radical (unpaired) electrons. The third-order valence-electron chi connectivity index (χ3n) is 5.95. The van der Waals surface area contributed by atoms with E-state index < -0.39 is 6.23 Å². The molecule has 0 aromatic heterocycles. The summed E-state index contributed by atoms with van der Waals surface area (Å²) in [5, 5.41) is 7.69. The number of hydrogen-bond donors (Lipinski definition) is 0. The number of methoxy groups -OCH3 is 2. The fraction of sp³-hybridized carbons (Fsp3) is 0.269. The predicted molar refractivity (Wildman–Crippen MR) is 128 cm³/mol. The lowest BCUT2D eigenvalue weighted by atomic mass is 9.95. The van der Waals surface area contributed by atoms with Crippen LogP contribution in [0.2, 0.25) is 5.02 Å². The van der Waals surface area contributed by atoms with Crippen LogP contribution in [0.3, 0.4) is 0 Å². The summed E-state index contributed by atoms with van der Waals surface area (Å²) in [5.41, 5.74) is 3.89. The summed E-state index contributed by atoms with van der Waals surface area (Å²) in [6, 6.07) is 19.5. The number of nitrogens with zero attached hydrogens (tertiary/aromatic N) is 2. The summed E-state index contributed by atoms with van der Waals surface area (Å²) in [6.45, 7) is 2.61. The van der Waals surface area contributed by atoms with E-state index in [0.29, 0.717) is 23.1 Å². The van der Waals surface area contributed by atoms with Crippen molar-refractivity contribution in [1.82, 2.24) is 5.01 Å². The molecule has 0 saturated heterocycles. The topological polar surface area (TPSA) is 52.5 Å². The number of fused-ring (bicyclic) bond motifs is 3. The zero-order chi connectivity index (χ0) is 22.9. The molecular weight excluding hydrogens is 440 g/mol. The maximum absolute atomic E-state index is 6.47. The average molecular weight is 465 g/mol. The molecule has 7 heteroatoms. The molecule has 0 saturated carbocycles. The molecule has 0 fully saturated rings. The van der Waals surface area contributed by atoms with E-state index in [9.17, 15) is 0 Å². The first-order chi connectivity index (χ1) is 16.1. The lowest BCUT2D eigenvalue weighted by Gasteiger charge is -2.38. The summed E-state index contributed by atoms with van der Waals surface area (Å²) in [4.78, 5) is 0. The third kappa shape index (κ3) is 3.85. The molecule has 33 heavy (non-hydrogen) atoms. The van der Waals surface area contributed by atoms with Crippen molar-refractivity contribution in [2.75, 3.05) is 20.8 Å². The number of para-hydroxylation sites is 1. The van der Waals surface area contributed by atoms with Gasteiger partial charge in [-0.1, -0.05) is 17.7 Å². The van der Waals surface area contributed by atoms with E-state index in [4.69, 9.17) is 35.6 Å². The van der Waals surface area contributed by atoms with Gasteiger partial charge in [0.2, 0.25) is 6.23 Å².